The van der Waals surface area contributed by atoms with Gasteiger partial charge >= 0.3 is 0 Å². The van der Waals surface area contributed by atoms with E-state index < -0.39 is 0 Å². The monoisotopic (exact) mass is 458 g/mol. The lowest BCUT2D eigenvalue weighted by atomic mass is 10.2. The van der Waals surface area contributed by atoms with Gasteiger partial charge in [0.05, 0.1) is 22.4 Å². The number of fused-ring (bicyclic) bond motifs is 1. The van der Waals surface area contributed by atoms with Crippen LogP contribution in [0.5, 0.6) is 0 Å². The average molecular weight is 459 g/mol. The highest BCUT2D eigenvalue weighted by Crippen LogP contribution is 2.43. The predicted octanol–water partition coefficient (Wildman–Crippen LogP) is 3.64. The van der Waals surface area contributed by atoms with Gasteiger partial charge in [0.1, 0.15) is 4.83 Å². The van der Waals surface area contributed by atoms with Crippen molar-refractivity contribution in [3.05, 3.63) is 18.3 Å². The van der Waals surface area contributed by atoms with Crippen LogP contribution < -0.4 is 11.1 Å². The Hall–Kier alpha value is -2.17. The number of thiophene rings is 1. The van der Waals surface area contributed by atoms with E-state index in [-0.39, 0.29) is 12.0 Å². The fraction of sp³-hybridized carbons (Fsp3) is 0.524. The van der Waals surface area contributed by atoms with E-state index in [1.807, 2.05) is 12.1 Å². The molecule has 5 rings (SSSR count). The molecule has 1 amide bonds. The number of rotatable bonds is 7. The Bertz CT molecular complexity index is 1070. The molecule has 3 aromatic heterocycles. The Balaban J connectivity index is 1.37. The van der Waals surface area contributed by atoms with Crippen LogP contribution in [0.25, 0.3) is 20.9 Å². The smallest absolute Gasteiger partial charge is 0.230 e. The number of ether oxygens (including phenoxy) is 1. The largest absolute Gasteiger partial charge is 0.397 e. The Morgan fingerprint density at radius 1 is 1.29 bits per heavy atom. The van der Waals surface area contributed by atoms with Crippen molar-refractivity contribution in [2.75, 3.05) is 24.6 Å². The zero-order valence-electron chi connectivity index (χ0n) is 17.2. The quantitative estimate of drug-likeness (QED) is 0.520. The molecule has 0 aromatic carbocycles. The van der Waals surface area contributed by atoms with E-state index >= 15 is 0 Å². The highest BCUT2D eigenvalue weighted by atomic mass is 32.2. The van der Waals surface area contributed by atoms with E-state index in [4.69, 9.17) is 10.5 Å². The van der Waals surface area contributed by atoms with Crippen molar-refractivity contribution >= 4 is 44.9 Å². The third-order valence-corrected chi connectivity index (χ3v) is 8.01. The molecule has 4 heterocycles. The molecule has 1 atom stereocenters. The second-order valence-electron chi connectivity index (χ2n) is 8.04. The summed E-state index contributed by atoms with van der Waals surface area (Å²) in [6.45, 7) is 1.37. The van der Waals surface area contributed by atoms with Gasteiger partial charge in [0, 0.05) is 30.8 Å². The van der Waals surface area contributed by atoms with E-state index in [9.17, 15) is 4.79 Å². The van der Waals surface area contributed by atoms with Crippen LogP contribution in [0.3, 0.4) is 0 Å². The number of nitrogens with zero attached hydrogens (tertiary/aromatic N) is 4. The second-order valence-corrected chi connectivity index (χ2v) is 9.98. The van der Waals surface area contributed by atoms with Gasteiger partial charge in [0.2, 0.25) is 5.91 Å². The Morgan fingerprint density at radius 2 is 2.16 bits per heavy atom. The molecule has 8 nitrogen and oxygen atoms in total. The van der Waals surface area contributed by atoms with Gasteiger partial charge in [0.15, 0.2) is 11.0 Å². The maximum absolute atomic E-state index is 12.4. The summed E-state index contributed by atoms with van der Waals surface area (Å²) in [4.78, 5) is 18.6. The van der Waals surface area contributed by atoms with Crippen molar-refractivity contribution in [1.82, 2.24) is 25.1 Å². The van der Waals surface area contributed by atoms with Crippen LogP contribution in [0.15, 0.2) is 23.5 Å². The minimum absolute atomic E-state index is 0.00593. The van der Waals surface area contributed by atoms with E-state index in [1.165, 1.54) is 24.6 Å². The van der Waals surface area contributed by atoms with E-state index in [0.29, 0.717) is 24.0 Å². The molecule has 3 aromatic rings. The minimum Gasteiger partial charge on any atom is -0.397 e. The van der Waals surface area contributed by atoms with Crippen molar-refractivity contribution in [2.45, 2.75) is 55.8 Å². The number of carbonyl (C=O) groups is 1. The number of thioether (sulfide) groups is 1. The zero-order chi connectivity index (χ0) is 21.2. The number of amides is 1. The zero-order valence-corrected chi connectivity index (χ0v) is 18.9. The summed E-state index contributed by atoms with van der Waals surface area (Å²) in [5.41, 5.74) is 7.18. The molecule has 2 aliphatic rings. The van der Waals surface area contributed by atoms with Gasteiger partial charge < -0.3 is 15.8 Å². The highest BCUT2D eigenvalue weighted by Gasteiger charge is 2.28. The summed E-state index contributed by atoms with van der Waals surface area (Å²) in [5, 5.41) is 13.7. The van der Waals surface area contributed by atoms with Crippen LogP contribution in [-0.2, 0) is 9.53 Å². The normalized spacial score (nSPS) is 19.4. The van der Waals surface area contributed by atoms with E-state index in [2.05, 4.69) is 25.1 Å². The number of nitrogen functional groups attached to an aromatic ring is 1. The molecule has 10 heteroatoms. The van der Waals surface area contributed by atoms with Crippen LogP contribution >= 0.6 is 23.1 Å². The Kier molecular flexibility index (Phi) is 6.10. The number of pyridine rings is 1. The van der Waals surface area contributed by atoms with Crippen LogP contribution in [0, 0.1) is 0 Å². The van der Waals surface area contributed by atoms with E-state index in [0.717, 1.165) is 58.4 Å². The van der Waals surface area contributed by atoms with Gasteiger partial charge in [-0.1, -0.05) is 24.6 Å². The molecule has 31 heavy (non-hydrogen) atoms. The first kappa shape index (κ1) is 20.7. The molecule has 0 unspecified atom stereocenters. The molecule has 164 valence electrons. The topological polar surface area (TPSA) is 108 Å². The van der Waals surface area contributed by atoms with Gasteiger partial charge in [-0.25, -0.2) is 4.98 Å². The number of anilines is 1. The van der Waals surface area contributed by atoms with Crippen LogP contribution in [0.1, 0.15) is 44.6 Å². The van der Waals surface area contributed by atoms with Crippen molar-refractivity contribution in [1.29, 1.82) is 0 Å². The van der Waals surface area contributed by atoms with Gasteiger partial charge in [-0.2, -0.15) is 0 Å². The molecule has 0 spiro atoms. The summed E-state index contributed by atoms with van der Waals surface area (Å²) in [7, 11) is 0. The molecular weight excluding hydrogens is 432 g/mol. The van der Waals surface area contributed by atoms with Gasteiger partial charge in [-0.3, -0.25) is 9.36 Å². The van der Waals surface area contributed by atoms with Crippen LogP contribution in [0.2, 0.25) is 0 Å². The Labute approximate surface area is 189 Å². The fourth-order valence-electron chi connectivity index (χ4n) is 4.35. The molecular formula is C21H26N6O2S2. The lowest BCUT2D eigenvalue weighted by Gasteiger charge is -2.16. The summed E-state index contributed by atoms with van der Waals surface area (Å²) in [6.07, 6.45) is 8.57. The third-order valence-electron chi connectivity index (χ3n) is 5.95. The summed E-state index contributed by atoms with van der Waals surface area (Å²) in [6, 6.07) is 4.22. The second kappa shape index (κ2) is 9.13. The lowest BCUT2D eigenvalue weighted by molar-refractivity contribution is -0.119. The number of nitrogens with two attached hydrogens (primary N) is 1. The van der Waals surface area contributed by atoms with Crippen molar-refractivity contribution in [2.24, 2.45) is 0 Å². The van der Waals surface area contributed by atoms with Crippen LogP contribution in [-0.4, -0.2) is 50.7 Å². The van der Waals surface area contributed by atoms with Gasteiger partial charge in [0.25, 0.3) is 0 Å². The molecule has 1 aliphatic carbocycles. The molecule has 0 bridgehead atoms. The van der Waals surface area contributed by atoms with Crippen molar-refractivity contribution in [3.63, 3.8) is 0 Å². The summed E-state index contributed by atoms with van der Waals surface area (Å²) >= 11 is 2.99. The number of nitrogens with one attached hydrogen (secondary N) is 1. The number of aromatic nitrogens is 4. The SMILES string of the molecule is Nc1c(-c2nnc(SCC(=O)NC[C@H]3CCCO3)n2C2CCCC2)sc2ncccc12. The first-order valence-electron chi connectivity index (χ1n) is 10.8. The average Bonchev–Trinajstić information content (AvgIpc) is 3.58. The fourth-order valence-corrected chi connectivity index (χ4v) is 6.23. The highest BCUT2D eigenvalue weighted by molar-refractivity contribution is 7.99. The summed E-state index contributed by atoms with van der Waals surface area (Å²) < 4.78 is 7.78. The molecule has 1 saturated carbocycles. The van der Waals surface area contributed by atoms with Gasteiger partial charge in [-0.15, -0.1) is 21.5 Å². The predicted molar refractivity (Wildman–Crippen MR) is 123 cm³/mol. The van der Waals surface area contributed by atoms with Crippen molar-refractivity contribution < 1.29 is 9.53 Å². The molecule has 3 N–H and O–H groups in total. The first-order valence-corrected chi connectivity index (χ1v) is 12.6. The molecule has 1 saturated heterocycles. The van der Waals surface area contributed by atoms with Crippen LogP contribution in [0.4, 0.5) is 5.69 Å². The molecule has 2 fully saturated rings. The maximum atomic E-state index is 12.4. The number of carbonyl (C=O) groups excluding carboxylic acids is 1. The molecule has 1 aliphatic heterocycles. The number of hydrogen-bond donors (Lipinski definition) is 2. The van der Waals surface area contributed by atoms with Crippen molar-refractivity contribution in [3.8, 4) is 10.7 Å². The Morgan fingerprint density at radius 3 is 2.94 bits per heavy atom. The minimum atomic E-state index is -0.00593. The standard InChI is InChI=1S/C21H26N6O2S2/c22-17-15-8-3-9-23-20(15)31-18(17)19-25-26-21(27(19)13-5-1-2-6-13)30-12-16(28)24-11-14-7-4-10-29-14/h3,8-9,13-14H,1-2,4-7,10-12,22H2,(H,24,28)/t14-/m1/s1. The first-order chi connectivity index (χ1) is 15.2. The summed E-state index contributed by atoms with van der Waals surface area (Å²) in [5.74, 6) is 1.09. The number of hydrogen-bond acceptors (Lipinski definition) is 8. The van der Waals surface area contributed by atoms with E-state index in [1.54, 1.807) is 17.5 Å². The lowest BCUT2D eigenvalue weighted by Crippen LogP contribution is -2.33. The third kappa shape index (κ3) is 4.28. The van der Waals surface area contributed by atoms with Gasteiger partial charge in [-0.05, 0) is 37.8 Å². The maximum Gasteiger partial charge on any atom is 0.230 e. The molecule has 0 radical (unpaired) electrons.